The summed E-state index contributed by atoms with van der Waals surface area (Å²) in [6.45, 7) is 4.52. The van der Waals surface area contributed by atoms with Crippen LogP contribution < -0.4 is 0 Å². The maximum Gasteiger partial charge on any atom is 0.411 e. The molecular weight excluding hydrogens is 919 g/mol. The van der Waals surface area contributed by atoms with Gasteiger partial charge in [0.1, 0.15) is 0 Å². The van der Waals surface area contributed by atoms with Crippen LogP contribution >= 0.6 is 0 Å². The average molecular weight is 973 g/mol. The summed E-state index contributed by atoms with van der Waals surface area (Å²) < 4.78 is 81.1. The molecule has 0 unspecified atom stereocenters. The van der Waals surface area contributed by atoms with Crippen LogP contribution in [-0.4, -0.2) is 12.4 Å². The van der Waals surface area contributed by atoms with Crippen LogP contribution in [0.3, 0.4) is 0 Å². The first-order valence-corrected chi connectivity index (χ1v) is 24.1. The van der Waals surface area contributed by atoms with Crippen molar-refractivity contribution in [2.45, 2.75) is 42.4 Å². The zero-order valence-corrected chi connectivity index (χ0v) is 40.5. The Balaban J connectivity index is 0.000000135. The molecule has 0 bridgehead atoms. The number of rotatable bonds is 7. The van der Waals surface area contributed by atoms with Crippen LogP contribution in [0, 0.1) is 0 Å². The molecule has 364 valence electrons. The van der Waals surface area contributed by atoms with Crippen molar-refractivity contribution in [3.05, 3.63) is 336 Å². The highest BCUT2D eigenvalue weighted by atomic mass is 19.4. The lowest BCUT2D eigenvalue weighted by atomic mass is 9.68. The first-order chi connectivity index (χ1) is 35.3. The van der Waals surface area contributed by atoms with Crippen molar-refractivity contribution < 1.29 is 26.3 Å². The van der Waals surface area contributed by atoms with Crippen LogP contribution in [0.25, 0.3) is 22.3 Å². The van der Waals surface area contributed by atoms with E-state index in [4.69, 9.17) is 0 Å². The normalized spacial score (nSPS) is 12.5. The van der Waals surface area contributed by atoms with Crippen LogP contribution in [0.2, 0.25) is 0 Å². The van der Waals surface area contributed by atoms with Crippen LogP contribution in [0.5, 0.6) is 0 Å². The van der Waals surface area contributed by atoms with Crippen LogP contribution in [0.1, 0.15) is 58.4 Å². The Morgan fingerprint density at radius 1 is 0.260 bits per heavy atom. The van der Waals surface area contributed by atoms with Crippen molar-refractivity contribution in [3.63, 3.8) is 0 Å². The van der Waals surface area contributed by atoms with E-state index in [1.807, 2.05) is 12.1 Å². The fraction of sp³-hybridized carbons (Fsp3) is 0.104. The molecule has 0 saturated heterocycles. The maximum atomic E-state index is 13.5. The summed E-state index contributed by atoms with van der Waals surface area (Å²) in [7, 11) is 0. The van der Waals surface area contributed by atoms with Crippen molar-refractivity contribution in [1.82, 2.24) is 0 Å². The fourth-order valence-electron chi connectivity index (χ4n) is 9.90. The van der Waals surface area contributed by atoms with E-state index in [-0.39, 0.29) is 10.8 Å². The van der Waals surface area contributed by atoms with Gasteiger partial charge >= 0.3 is 12.4 Å². The van der Waals surface area contributed by atoms with Gasteiger partial charge in [-0.2, -0.15) is 26.3 Å². The Kier molecular flexibility index (Phi) is 15.7. The minimum Gasteiger partial charge on any atom is -0.169 e. The number of hydrogen-bond acceptors (Lipinski definition) is 0. The molecule has 6 heteroatoms. The molecule has 11 rings (SSSR count). The van der Waals surface area contributed by atoms with Crippen molar-refractivity contribution in [3.8, 4) is 22.3 Å². The van der Waals surface area contributed by atoms with Crippen molar-refractivity contribution in [2.75, 3.05) is 0 Å². The van der Waals surface area contributed by atoms with Crippen molar-refractivity contribution in [2.24, 2.45) is 0 Å². The molecular formula is C67H54F6. The third kappa shape index (κ3) is 10.6. The van der Waals surface area contributed by atoms with E-state index in [9.17, 15) is 26.3 Å². The Bertz CT molecular complexity index is 3010. The van der Waals surface area contributed by atoms with Gasteiger partial charge in [0.25, 0.3) is 0 Å². The molecule has 1 aliphatic rings. The SMILES string of the molecule is CC(C)(c1ccccc1)c1ccccc1.FC(F)(F)C(c1ccccc1)(c1ccccc1)C(F)(F)F.c1ccc(-c2ccccc2)cc1.c1ccc(C2(c3ccccc3)c3ccccc3-c3ccccc32)cc1. The summed E-state index contributed by atoms with van der Waals surface area (Å²) in [5.74, 6) is 0. The molecule has 0 nitrogen and oxygen atoms in total. The molecule has 0 heterocycles. The number of fused-ring (bicyclic) bond motifs is 3. The van der Waals surface area contributed by atoms with E-state index >= 15 is 0 Å². The van der Waals surface area contributed by atoms with Crippen molar-refractivity contribution in [1.29, 1.82) is 0 Å². The smallest absolute Gasteiger partial charge is 0.169 e. The fourth-order valence-corrected chi connectivity index (χ4v) is 9.90. The van der Waals surface area contributed by atoms with Gasteiger partial charge in [-0.15, -0.1) is 0 Å². The molecule has 0 saturated carbocycles. The molecule has 1 aliphatic carbocycles. The van der Waals surface area contributed by atoms with E-state index < -0.39 is 28.9 Å². The Morgan fingerprint density at radius 2 is 0.493 bits per heavy atom. The lowest BCUT2D eigenvalue weighted by Gasteiger charge is -2.38. The van der Waals surface area contributed by atoms with Gasteiger partial charge in [-0.05, 0) is 66.8 Å². The van der Waals surface area contributed by atoms with Gasteiger partial charge in [-0.1, -0.05) is 305 Å². The summed E-state index contributed by atoms with van der Waals surface area (Å²) >= 11 is 0. The summed E-state index contributed by atoms with van der Waals surface area (Å²) in [6.07, 6.45) is -11.0. The lowest BCUT2D eigenvalue weighted by Crippen LogP contribution is -2.54. The quantitative estimate of drug-likeness (QED) is 0.140. The van der Waals surface area contributed by atoms with E-state index in [0.717, 1.165) is 48.5 Å². The average Bonchev–Trinajstić information content (AvgIpc) is 3.74. The van der Waals surface area contributed by atoms with E-state index in [2.05, 4.69) is 232 Å². The van der Waals surface area contributed by atoms with Gasteiger partial charge in [0.2, 0.25) is 5.41 Å². The van der Waals surface area contributed by atoms with E-state index in [1.54, 1.807) is 0 Å². The van der Waals surface area contributed by atoms with Gasteiger partial charge in [-0.3, -0.25) is 0 Å². The lowest BCUT2D eigenvalue weighted by molar-refractivity contribution is -0.288. The monoisotopic (exact) mass is 972 g/mol. The maximum absolute atomic E-state index is 13.5. The largest absolute Gasteiger partial charge is 0.411 e. The highest BCUT2D eigenvalue weighted by Gasteiger charge is 2.72. The van der Waals surface area contributed by atoms with Gasteiger partial charge in [-0.25, -0.2) is 0 Å². The highest BCUT2D eigenvalue weighted by Crippen LogP contribution is 2.57. The molecule has 0 aromatic heterocycles. The zero-order valence-electron chi connectivity index (χ0n) is 40.5. The molecule has 10 aromatic carbocycles. The molecule has 0 spiro atoms. The second kappa shape index (κ2) is 22.5. The minimum absolute atomic E-state index is 0.0858. The Hall–Kier alpha value is -8.22. The number of halogens is 6. The topological polar surface area (TPSA) is 0 Å². The van der Waals surface area contributed by atoms with Crippen LogP contribution in [0.15, 0.2) is 291 Å². The predicted octanol–water partition coefficient (Wildman–Crippen LogP) is 18.5. The van der Waals surface area contributed by atoms with E-state index in [1.165, 1.54) is 67.8 Å². The first-order valence-electron chi connectivity index (χ1n) is 24.1. The number of hydrogen-bond donors (Lipinski definition) is 0. The molecule has 0 N–H and O–H groups in total. The number of alkyl halides is 6. The van der Waals surface area contributed by atoms with Gasteiger partial charge in [0, 0.05) is 5.41 Å². The molecule has 0 aliphatic heterocycles. The van der Waals surface area contributed by atoms with Crippen LogP contribution in [-0.2, 0) is 16.2 Å². The van der Waals surface area contributed by atoms with Gasteiger partial charge in [0.05, 0.1) is 5.41 Å². The molecule has 0 radical (unpaired) electrons. The van der Waals surface area contributed by atoms with Gasteiger partial charge in [0.15, 0.2) is 0 Å². The summed E-state index contributed by atoms with van der Waals surface area (Å²) in [4.78, 5) is 0. The predicted molar refractivity (Wildman–Crippen MR) is 286 cm³/mol. The molecule has 0 amide bonds. The highest BCUT2D eigenvalue weighted by molar-refractivity contribution is 5.86. The molecule has 0 atom stereocenters. The van der Waals surface area contributed by atoms with E-state index in [0.29, 0.717) is 0 Å². The standard InChI is InChI=1S/C25H18.C15H10F6.C15H16.C12H10/c1-3-11-19(12-4-1)25(20-13-5-2-6-14-20)23-17-9-7-15-21(23)22-16-8-10-18-24(22)25;16-14(17,18)13(15(19,20)21,11-7-3-1-4-8-11)12-9-5-2-6-10-12;1-15(2,13-9-5-3-6-10-13)14-11-7-4-8-12-14;1-3-7-11(8-4-1)12-9-5-2-6-10-12/h1-18H;1-10H;3-12H,1-2H3;1-10H. The first kappa shape index (κ1) is 51.1. The van der Waals surface area contributed by atoms with Crippen molar-refractivity contribution >= 4 is 0 Å². The second-order valence-corrected chi connectivity index (χ2v) is 18.1. The van der Waals surface area contributed by atoms with Gasteiger partial charge < -0.3 is 0 Å². The Labute approximate surface area is 425 Å². The second-order valence-electron chi connectivity index (χ2n) is 18.1. The number of benzene rings is 10. The molecule has 0 fully saturated rings. The summed E-state index contributed by atoms with van der Waals surface area (Å²) in [6, 6.07) is 92.2. The zero-order chi connectivity index (χ0) is 51.4. The third-order valence-corrected chi connectivity index (χ3v) is 13.5. The molecule has 73 heavy (non-hydrogen) atoms. The molecule has 10 aromatic rings. The summed E-state index contributed by atoms with van der Waals surface area (Å²) in [5.41, 5.74) is 7.41. The summed E-state index contributed by atoms with van der Waals surface area (Å²) in [5, 5.41) is 0. The Morgan fingerprint density at radius 3 is 0.781 bits per heavy atom. The third-order valence-electron chi connectivity index (χ3n) is 13.5. The van der Waals surface area contributed by atoms with Crippen LogP contribution in [0.4, 0.5) is 26.3 Å². The minimum atomic E-state index is -5.52.